The van der Waals surface area contributed by atoms with Crippen molar-refractivity contribution in [2.45, 2.75) is 50.8 Å². The summed E-state index contributed by atoms with van der Waals surface area (Å²) in [6.45, 7) is 2.66. The van der Waals surface area contributed by atoms with Gasteiger partial charge in [0, 0.05) is 18.6 Å². The number of fused-ring (bicyclic) bond motifs is 2. The number of hydrogen-bond donors (Lipinski definition) is 2. The molecule has 2 aliphatic heterocycles. The lowest BCUT2D eigenvalue weighted by Crippen LogP contribution is -2.45. The summed E-state index contributed by atoms with van der Waals surface area (Å²) in [5.41, 5.74) is 0. The van der Waals surface area contributed by atoms with Crippen LogP contribution < -0.4 is 10.2 Å². The van der Waals surface area contributed by atoms with E-state index in [9.17, 15) is 9.50 Å². The molecule has 2 bridgehead atoms. The Hall–Kier alpha value is -1.43. The van der Waals surface area contributed by atoms with Gasteiger partial charge in [0.1, 0.15) is 0 Å². The van der Waals surface area contributed by atoms with E-state index in [1.165, 1.54) is 6.20 Å². The molecule has 0 aromatic carbocycles. The molecule has 1 aromatic heterocycles. The van der Waals surface area contributed by atoms with Gasteiger partial charge in [-0.15, -0.1) is 0 Å². The van der Waals surface area contributed by atoms with Crippen LogP contribution in [0, 0.1) is 5.82 Å². The summed E-state index contributed by atoms with van der Waals surface area (Å²) in [5.74, 6) is 0.463. The van der Waals surface area contributed by atoms with Crippen LogP contribution in [0.3, 0.4) is 0 Å². The van der Waals surface area contributed by atoms with Crippen LogP contribution in [-0.2, 0) is 0 Å². The number of aromatic nitrogens is 2. The molecular formula is C13H19FN4O. The second-order valence-corrected chi connectivity index (χ2v) is 5.31. The van der Waals surface area contributed by atoms with Crippen LogP contribution in [0.2, 0.25) is 0 Å². The van der Waals surface area contributed by atoms with Crippen LogP contribution in [0.1, 0.15) is 32.6 Å². The molecule has 2 fully saturated rings. The molecular weight excluding hydrogens is 247 g/mol. The fraction of sp³-hybridized carbons (Fsp3) is 0.692. The molecule has 3 heterocycles. The Bertz CT molecular complexity index is 456. The molecule has 19 heavy (non-hydrogen) atoms. The summed E-state index contributed by atoms with van der Waals surface area (Å²) in [5, 5.41) is 12.8. The molecule has 1 aromatic rings. The first-order valence-electron chi connectivity index (χ1n) is 6.92. The van der Waals surface area contributed by atoms with Gasteiger partial charge in [-0.2, -0.15) is 4.98 Å². The standard InChI is InChI=1S/C13H19FN4O/c1-2-15-13-16-7-11(14)12(17-13)18-8-3-4-9(18)6-10(19)5-8/h7-10,19H,2-6H2,1H3,(H,15,16,17). The van der Waals surface area contributed by atoms with E-state index in [4.69, 9.17) is 0 Å². The number of halogens is 1. The number of aliphatic hydroxyl groups excluding tert-OH is 1. The Labute approximate surface area is 111 Å². The Morgan fingerprint density at radius 2 is 2.11 bits per heavy atom. The Morgan fingerprint density at radius 1 is 1.42 bits per heavy atom. The maximum Gasteiger partial charge on any atom is 0.224 e. The fourth-order valence-corrected chi connectivity index (χ4v) is 3.28. The van der Waals surface area contributed by atoms with E-state index in [1.54, 1.807) is 0 Å². The zero-order valence-corrected chi connectivity index (χ0v) is 11.0. The normalized spacial score (nSPS) is 29.6. The third-order valence-corrected chi connectivity index (χ3v) is 4.01. The molecule has 2 unspecified atom stereocenters. The fourth-order valence-electron chi connectivity index (χ4n) is 3.28. The molecule has 0 saturated carbocycles. The predicted molar refractivity (Wildman–Crippen MR) is 70.7 cm³/mol. The molecule has 2 N–H and O–H groups in total. The largest absolute Gasteiger partial charge is 0.393 e. The maximum absolute atomic E-state index is 14.0. The summed E-state index contributed by atoms with van der Waals surface area (Å²) in [6, 6.07) is 0.403. The van der Waals surface area contributed by atoms with E-state index in [-0.39, 0.29) is 24.0 Å². The highest BCUT2D eigenvalue weighted by Gasteiger charge is 2.42. The quantitative estimate of drug-likeness (QED) is 0.869. The molecule has 2 aliphatic rings. The number of nitrogens with one attached hydrogen (secondary N) is 1. The molecule has 3 rings (SSSR count). The lowest BCUT2D eigenvalue weighted by molar-refractivity contribution is 0.125. The van der Waals surface area contributed by atoms with Gasteiger partial charge in [0.25, 0.3) is 0 Å². The lowest BCUT2D eigenvalue weighted by Gasteiger charge is -2.38. The smallest absolute Gasteiger partial charge is 0.224 e. The SMILES string of the molecule is CCNc1ncc(F)c(N2C3CCC2CC(O)C3)n1. The summed E-state index contributed by atoms with van der Waals surface area (Å²) >= 11 is 0. The van der Waals surface area contributed by atoms with Crippen molar-refractivity contribution in [1.29, 1.82) is 0 Å². The van der Waals surface area contributed by atoms with E-state index in [0.29, 0.717) is 31.2 Å². The minimum Gasteiger partial charge on any atom is -0.393 e. The van der Waals surface area contributed by atoms with Gasteiger partial charge >= 0.3 is 0 Å². The minimum atomic E-state index is -0.380. The predicted octanol–water partition coefficient (Wildman–Crippen LogP) is 1.54. The summed E-state index contributed by atoms with van der Waals surface area (Å²) < 4.78 is 14.0. The Kier molecular flexibility index (Phi) is 3.26. The van der Waals surface area contributed by atoms with E-state index < -0.39 is 0 Å². The number of hydrogen-bond acceptors (Lipinski definition) is 5. The number of aliphatic hydroxyl groups is 1. The van der Waals surface area contributed by atoms with Crippen molar-refractivity contribution < 1.29 is 9.50 Å². The van der Waals surface area contributed by atoms with E-state index >= 15 is 0 Å². The first kappa shape index (κ1) is 12.6. The van der Waals surface area contributed by atoms with Crippen molar-refractivity contribution in [1.82, 2.24) is 9.97 Å². The first-order chi connectivity index (χ1) is 9.19. The highest BCUT2D eigenvalue weighted by molar-refractivity contribution is 5.48. The van der Waals surface area contributed by atoms with Crippen LogP contribution in [0.5, 0.6) is 0 Å². The van der Waals surface area contributed by atoms with E-state index in [2.05, 4.69) is 15.3 Å². The number of anilines is 2. The first-order valence-corrected chi connectivity index (χ1v) is 6.92. The molecule has 6 heteroatoms. The van der Waals surface area contributed by atoms with Crippen molar-refractivity contribution in [2.75, 3.05) is 16.8 Å². The van der Waals surface area contributed by atoms with E-state index in [0.717, 1.165) is 12.8 Å². The average Bonchev–Trinajstić information content (AvgIpc) is 2.64. The highest BCUT2D eigenvalue weighted by Crippen LogP contribution is 2.39. The number of piperidine rings is 1. The highest BCUT2D eigenvalue weighted by atomic mass is 19.1. The molecule has 0 radical (unpaired) electrons. The van der Waals surface area contributed by atoms with Crippen LogP contribution in [-0.4, -0.2) is 39.8 Å². The molecule has 2 saturated heterocycles. The Morgan fingerprint density at radius 3 is 2.74 bits per heavy atom. The average molecular weight is 266 g/mol. The summed E-state index contributed by atoms with van der Waals surface area (Å²) in [7, 11) is 0. The zero-order chi connectivity index (χ0) is 13.4. The van der Waals surface area contributed by atoms with Gasteiger partial charge in [-0.1, -0.05) is 0 Å². The maximum atomic E-state index is 14.0. The molecule has 2 atom stereocenters. The van der Waals surface area contributed by atoms with Crippen molar-refractivity contribution in [3.63, 3.8) is 0 Å². The third kappa shape index (κ3) is 2.25. The third-order valence-electron chi connectivity index (χ3n) is 4.01. The summed E-state index contributed by atoms with van der Waals surface area (Å²) in [6.07, 6.45) is 4.38. The second-order valence-electron chi connectivity index (χ2n) is 5.31. The number of nitrogens with zero attached hydrogens (tertiary/aromatic N) is 3. The topological polar surface area (TPSA) is 61.3 Å². The Balaban J connectivity index is 1.91. The lowest BCUT2D eigenvalue weighted by atomic mass is 10.00. The number of rotatable bonds is 3. The second kappa shape index (κ2) is 4.92. The molecule has 0 spiro atoms. The van der Waals surface area contributed by atoms with Gasteiger partial charge in [0.05, 0.1) is 12.3 Å². The van der Waals surface area contributed by atoms with Crippen molar-refractivity contribution in [3.05, 3.63) is 12.0 Å². The monoisotopic (exact) mass is 266 g/mol. The van der Waals surface area contributed by atoms with Crippen LogP contribution in [0.4, 0.5) is 16.2 Å². The van der Waals surface area contributed by atoms with Gasteiger partial charge in [0.15, 0.2) is 11.6 Å². The molecule has 0 aliphatic carbocycles. The van der Waals surface area contributed by atoms with Crippen molar-refractivity contribution in [2.24, 2.45) is 0 Å². The van der Waals surface area contributed by atoms with E-state index in [1.807, 2.05) is 11.8 Å². The van der Waals surface area contributed by atoms with Gasteiger partial charge in [-0.05, 0) is 32.6 Å². The summed E-state index contributed by atoms with van der Waals surface area (Å²) in [4.78, 5) is 10.3. The van der Waals surface area contributed by atoms with Crippen LogP contribution >= 0.6 is 0 Å². The van der Waals surface area contributed by atoms with Crippen molar-refractivity contribution >= 4 is 11.8 Å². The molecule has 0 amide bonds. The minimum absolute atomic E-state index is 0.202. The van der Waals surface area contributed by atoms with Crippen molar-refractivity contribution in [3.8, 4) is 0 Å². The molecule has 104 valence electrons. The van der Waals surface area contributed by atoms with Gasteiger partial charge < -0.3 is 15.3 Å². The van der Waals surface area contributed by atoms with Gasteiger partial charge in [-0.3, -0.25) is 0 Å². The molecule has 5 nitrogen and oxygen atoms in total. The van der Waals surface area contributed by atoms with Crippen LogP contribution in [0.15, 0.2) is 6.20 Å². The zero-order valence-electron chi connectivity index (χ0n) is 11.0. The van der Waals surface area contributed by atoms with Crippen LogP contribution in [0.25, 0.3) is 0 Å². The van der Waals surface area contributed by atoms with Gasteiger partial charge in [-0.25, -0.2) is 9.37 Å². The van der Waals surface area contributed by atoms with Gasteiger partial charge in [0.2, 0.25) is 5.95 Å².